The summed E-state index contributed by atoms with van der Waals surface area (Å²) in [6.07, 6.45) is -0.914. The van der Waals surface area contributed by atoms with Crippen LogP contribution in [0, 0.1) is 0 Å². The zero-order valence-electron chi connectivity index (χ0n) is 13.6. The van der Waals surface area contributed by atoms with Gasteiger partial charge in [-0.25, -0.2) is 4.79 Å². The van der Waals surface area contributed by atoms with E-state index in [0.717, 1.165) is 0 Å². The van der Waals surface area contributed by atoms with Crippen LogP contribution in [0.15, 0.2) is 42.5 Å². The van der Waals surface area contributed by atoms with Gasteiger partial charge in [0.05, 0.1) is 0 Å². The van der Waals surface area contributed by atoms with Gasteiger partial charge in [0, 0.05) is 11.8 Å². The van der Waals surface area contributed by atoms with Gasteiger partial charge in [-0.3, -0.25) is 4.79 Å². The second-order valence-electron chi connectivity index (χ2n) is 5.59. The Labute approximate surface area is 148 Å². The Kier molecular flexibility index (Phi) is 4.22. The van der Waals surface area contributed by atoms with Gasteiger partial charge in [-0.2, -0.15) is 0 Å². The van der Waals surface area contributed by atoms with Crippen molar-refractivity contribution in [3.63, 3.8) is 0 Å². The molecule has 0 spiro atoms. The van der Waals surface area contributed by atoms with Crippen molar-refractivity contribution in [1.29, 1.82) is 0 Å². The van der Waals surface area contributed by atoms with E-state index in [1.807, 2.05) is 0 Å². The third-order valence-corrected chi connectivity index (χ3v) is 3.77. The van der Waals surface area contributed by atoms with Crippen LogP contribution < -0.4 is 24.3 Å². The average molecular weight is 357 g/mol. The summed E-state index contributed by atoms with van der Waals surface area (Å²) < 4.78 is 26.4. The maximum absolute atomic E-state index is 12.1. The minimum Gasteiger partial charge on any atom is -0.485 e. The molecule has 2 aliphatic rings. The smallest absolute Gasteiger partial charge is 0.351 e. The first kappa shape index (κ1) is 16.1. The molecule has 0 radical (unpaired) electrons. The monoisotopic (exact) mass is 357 g/mol. The van der Waals surface area contributed by atoms with Gasteiger partial charge in [0.2, 0.25) is 12.9 Å². The van der Waals surface area contributed by atoms with Gasteiger partial charge < -0.3 is 29.0 Å². The highest BCUT2D eigenvalue weighted by molar-refractivity contribution is 5.93. The highest BCUT2D eigenvalue weighted by Crippen LogP contribution is 2.34. The Bertz CT molecular complexity index is 851. The molecule has 134 valence electrons. The van der Waals surface area contributed by atoms with E-state index in [1.54, 1.807) is 42.5 Å². The number of hydrogen-bond acceptors (Lipinski definition) is 7. The lowest BCUT2D eigenvalue weighted by atomic mass is 10.2. The average Bonchev–Trinajstić information content (AvgIpc) is 3.13. The molecule has 1 N–H and O–H groups in total. The van der Waals surface area contributed by atoms with E-state index in [0.29, 0.717) is 28.7 Å². The standard InChI is InChI=1S/C18H15NO7/c20-17(19-11-5-6-13-15(7-11)25-10-24-13)9-23-18(21)16-8-22-12-3-1-2-4-14(12)26-16/h1-7,16H,8-10H2,(H,19,20). The van der Waals surface area contributed by atoms with E-state index >= 15 is 0 Å². The van der Waals surface area contributed by atoms with Crippen LogP contribution in [-0.4, -0.2) is 38.0 Å². The van der Waals surface area contributed by atoms with Crippen LogP contribution in [-0.2, 0) is 14.3 Å². The molecule has 2 aliphatic heterocycles. The third-order valence-electron chi connectivity index (χ3n) is 3.77. The Hall–Kier alpha value is -3.42. The van der Waals surface area contributed by atoms with Crippen molar-refractivity contribution in [3.05, 3.63) is 42.5 Å². The number of fused-ring (bicyclic) bond motifs is 2. The largest absolute Gasteiger partial charge is 0.485 e. The number of benzene rings is 2. The molecule has 2 aromatic carbocycles. The number of ether oxygens (including phenoxy) is 5. The number of nitrogens with one attached hydrogen (secondary N) is 1. The number of amides is 1. The zero-order chi connectivity index (χ0) is 17.9. The van der Waals surface area contributed by atoms with Crippen molar-refractivity contribution in [2.45, 2.75) is 6.10 Å². The molecule has 0 aromatic heterocycles. The number of rotatable bonds is 4. The minimum absolute atomic E-state index is 0.0274. The fourth-order valence-corrected chi connectivity index (χ4v) is 2.54. The lowest BCUT2D eigenvalue weighted by Gasteiger charge is -2.24. The highest BCUT2D eigenvalue weighted by Gasteiger charge is 2.29. The summed E-state index contributed by atoms with van der Waals surface area (Å²) in [5.41, 5.74) is 0.515. The molecular formula is C18H15NO7. The van der Waals surface area contributed by atoms with E-state index in [4.69, 9.17) is 23.7 Å². The molecular weight excluding hydrogens is 342 g/mol. The molecule has 1 unspecified atom stereocenters. The predicted octanol–water partition coefficient (Wildman–Crippen LogP) is 1.74. The molecule has 2 heterocycles. The van der Waals surface area contributed by atoms with Gasteiger partial charge in [-0.05, 0) is 24.3 Å². The molecule has 0 fully saturated rings. The summed E-state index contributed by atoms with van der Waals surface area (Å²) in [4.78, 5) is 24.0. The first-order chi connectivity index (χ1) is 12.7. The molecule has 1 amide bonds. The van der Waals surface area contributed by atoms with Crippen molar-refractivity contribution >= 4 is 17.6 Å². The summed E-state index contributed by atoms with van der Waals surface area (Å²) in [5.74, 6) is 1.05. The van der Waals surface area contributed by atoms with Crippen LogP contribution in [0.25, 0.3) is 0 Å². The molecule has 0 aliphatic carbocycles. The van der Waals surface area contributed by atoms with Crippen molar-refractivity contribution < 1.29 is 33.3 Å². The summed E-state index contributed by atoms with van der Waals surface area (Å²) in [6.45, 7) is -0.259. The van der Waals surface area contributed by atoms with E-state index in [-0.39, 0.29) is 13.4 Å². The highest BCUT2D eigenvalue weighted by atomic mass is 16.7. The van der Waals surface area contributed by atoms with Crippen molar-refractivity contribution in [1.82, 2.24) is 0 Å². The van der Waals surface area contributed by atoms with Crippen molar-refractivity contribution in [2.75, 3.05) is 25.3 Å². The zero-order valence-corrected chi connectivity index (χ0v) is 13.6. The van der Waals surface area contributed by atoms with Crippen molar-refractivity contribution in [3.8, 4) is 23.0 Å². The first-order valence-corrected chi connectivity index (χ1v) is 7.94. The number of esters is 1. The minimum atomic E-state index is -0.914. The molecule has 4 rings (SSSR count). The number of para-hydroxylation sites is 2. The van der Waals surface area contributed by atoms with Gasteiger partial charge in [-0.1, -0.05) is 12.1 Å². The van der Waals surface area contributed by atoms with Crippen molar-refractivity contribution in [2.24, 2.45) is 0 Å². The molecule has 2 aromatic rings. The molecule has 26 heavy (non-hydrogen) atoms. The Balaban J connectivity index is 1.28. The second-order valence-corrected chi connectivity index (χ2v) is 5.59. The Morgan fingerprint density at radius 1 is 1.00 bits per heavy atom. The van der Waals surface area contributed by atoms with Gasteiger partial charge in [-0.15, -0.1) is 0 Å². The van der Waals surface area contributed by atoms with Crippen LogP contribution >= 0.6 is 0 Å². The van der Waals surface area contributed by atoms with Crippen LogP contribution in [0.4, 0.5) is 5.69 Å². The molecule has 8 nitrogen and oxygen atoms in total. The number of carbonyl (C=O) groups is 2. The van der Waals surface area contributed by atoms with E-state index in [9.17, 15) is 9.59 Å². The molecule has 1 atom stereocenters. The summed E-state index contributed by atoms with van der Waals surface area (Å²) in [7, 11) is 0. The Morgan fingerprint density at radius 2 is 1.77 bits per heavy atom. The van der Waals surface area contributed by atoms with Gasteiger partial charge in [0.25, 0.3) is 5.91 Å². The number of hydrogen-bond donors (Lipinski definition) is 1. The normalized spacial score (nSPS) is 16.7. The summed E-state index contributed by atoms with van der Waals surface area (Å²) >= 11 is 0. The maximum Gasteiger partial charge on any atom is 0.351 e. The van der Waals surface area contributed by atoms with Gasteiger partial charge in [0.1, 0.15) is 6.61 Å². The van der Waals surface area contributed by atoms with E-state index in [1.165, 1.54) is 0 Å². The molecule has 0 bridgehead atoms. The maximum atomic E-state index is 12.1. The predicted molar refractivity (Wildman–Crippen MR) is 88.5 cm³/mol. The third kappa shape index (κ3) is 3.34. The lowest BCUT2D eigenvalue weighted by Crippen LogP contribution is -2.39. The number of anilines is 1. The van der Waals surface area contributed by atoms with E-state index in [2.05, 4.69) is 5.32 Å². The fraction of sp³-hybridized carbons (Fsp3) is 0.222. The van der Waals surface area contributed by atoms with Gasteiger partial charge in [0.15, 0.2) is 29.6 Å². The summed E-state index contributed by atoms with van der Waals surface area (Å²) in [5, 5.41) is 2.62. The molecule has 0 saturated heterocycles. The van der Waals surface area contributed by atoms with Crippen LogP contribution in [0.3, 0.4) is 0 Å². The Morgan fingerprint density at radius 3 is 2.65 bits per heavy atom. The van der Waals surface area contributed by atoms with Crippen LogP contribution in [0.1, 0.15) is 0 Å². The lowest BCUT2D eigenvalue weighted by molar-refractivity contribution is -0.156. The topological polar surface area (TPSA) is 92.3 Å². The SMILES string of the molecule is O=C(COC(=O)C1COc2ccccc2O1)Nc1ccc2c(c1)OCO2. The van der Waals surface area contributed by atoms with Gasteiger partial charge >= 0.3 is 5.97 Å². The first-order valence-electron chi connectivity index (χ1n) is 7.94. The van der Waals surface area contributed by atoms with E-state index < -0.39 is 24.6 Å². The fourth-order valence-electron chi connectivity index (χ4n) is 2.54. The summed E-state index contributed by atoms with van der Waals surface area (Å²) in [6, 6.07) is 12.0. The molecule has 8 heteroatoms. The van der Waals surface area contributed by atoms with Crippen LogP contribution in [0.2, 0.25) is 0 Å². The molecule has 0 saturated carbocycles. The second kappa shape index (κ2) is 6.83. The number of carbonyl (C=O) groups excluding carboxylic acids is 2. The van der Waals surface area contributed by atoms with Crippen LogP contribution in [0.5, 0.6) is 23.0 Å². The quantitative estimate of drug-likeness (QED) is 0.833.